The van der Waals surface area contributed by atoms with Crippen LogP contribution in [0.1, 0.15) is 5.56 Å². The van der Waals surface area contributed by atoms with E-state index in [0.29, 0.717) is 18.0 Å². The van der Waals surface area contributed by atoms with Gasteiger partial charge in [-0.3, -0.25) is 0 Å². The van der Waals surface area contributed by atoms with Crippen molar-refractivity contribution in [2.45, 2.75) is 6.61 Å². The molecule has 5 heteroatoms. The number of aromatic hydroxyl groups is 1. The van der Waals surface area contributed by atoms with Crippen LogP contribution in [0.5, 0.6) is 17.2 Å². The van der Waals surface area contributed by atoms with Crippen molar-refractivity contribution >= 4 is 5.69 Å². The summed E-state index contributed by atoms with van der Waals surface area (Å²) in [5.41, 5.74) is 9.26. The zero-order chi connectivity index (χ0) is 18.9. The molecule has 0 saturated carbocycles. The minimum atomic E-state index is 0.0591. The summed E-state index contributed by atoms with van der Waals surface area (Å²) in [4.78, 5) is 0. The summed E-state index contributed by atoms with van der Waals surface area (Å²) in [5, 5.41) is 16.4. The Hall–Kier alpha value is -3.18. The van der Waals surface area contributed by atoms with Crippen molar-refractivity contribution in [3.63, 3.8) is 0 Å². The Morgan fingerprint density at radius 2 is 1.54 bits per heavy atom. The molecule has 0 fully saturated rings. The van der Waals surface area contributed by atoms with E-state index in [1.54, 1.807) is 19.2 Å². The third kappa shape index (κ3) is 4.91. The molecular formula is C21H23NO4. The van der Waals surface area contributed by atoms with Gasteiger partial charge in [0.25, 0.3) is 0 Å². The largest absolute Gasteiger partial charge is 0.506 e. The Balaban J connectivity index is 0.00000117. The quantitative estimate of drug-likeness (QED) is 0.479. The van der Waals surface area contributed by atoms with Crippen molar-refractivity contribution in [2.75, 3.05) is 20.0 Å². The number of benzene rings is 3. The van der Waals surface area contributed by atoms with Crippen LogP contribution in [0.4, 0.5) is 5.69 Å². The SMILES string of the molecule is CO.COc1ccc(-c2cccc(COc3ccc(O)c(N)c3)c2)cc1. The van der Waals surface area contributed by atoms with Gasteiger partial charge in [0.15, 0.2) is 0 Å². The van der Waals surface area contributed by atoms with E-state index in [-0.39, 0.29) is 5.75 Å². The van der Waals surface area contributed by atoms with Crippen LogP contribution in [-0.4, -0.2) is 24.4 Å². The fourth-order valence-corrected chi connectivity index (χ4v) is 2.41. The first-order valence-electron chi connectivity index (χ1n) is 8.05. The van der Waals surface area contributed by atoms with Gasteiger partial charge in [-0.25, -0.2) is 0 Å². The molecule has 0 amide bonds. The van der Waals surface area contributed by atoms with E-state index in [2.05, 4.69) is 12.1 Å². The van der Waals surface area contributed by atoms with Crippen molar-refractivity contribution in [3.05, 3.63) is 72.3 Å². The van der Waals surface area contributed by atoms with E-state index in [0.717, 1.165) is 29.5 Å². The molecule has 0 aromatic heterocycles. The number of ether oxygens (including phenoxy) is 2. The van der Waals surface area contributed by atoms with Crippen LogP contribution in [0.15, 0.2) is 66.7 Å². The van der Waals surface area contributed by atoms with Crippen LogP contribution >= 0.6 is 0 Å². The Morgan fingerprint density at radius 1 is 0.846 bits per heavy atom. The molecule has 3 aromatic carbocycles. The number of methoxy groups -OCH3 is 1. The molecule has 4 N–H and O–H groups in total. The summed E-state index contributed by atoms with van der Waals surface area (Å²) in [5.74, 6) is 1.52. The van der Waals surface area contributed by atoms with Crippen molar-refractivity contribution < 1.29 is 19.7 Å². The first-order chi connectivity index (χ1) is 12.7. The highest BCUT2D eigenvalue weighted by Crippen LogP contribution is 2.26. The maximum absolute atomic E-state index is 9.44. The third-order valence-corrected chi connectivity index (χ3v) is 3.75. The third-order valence-electron chi connectivity index (χ3n) is 3.75. The average Bonchev–Trinajstić information content (AvgIpc) is 2.71. The number of nitrogen functional groups attached to an aromatic ring is 1. The van der Waals surface area contributed by atoms with E-state index in [9.17, 15) is 5.11 Å². The lowest BCUT2D eigenvalue weighted by atomic mass is 10.0. The van der Waals surface area contributed by atoms with Crippen LogP contribution in [0, 0.1) is 0 Å². The van der Waals surface area contributed by atoms with Gasteiger partial charge in [-0.2, -0.15) is 0 Å². The molecule has 0 aliphatic rings. The number of aliphatic hydroxyl groups is 1. The molecule has 0 spiro atoms. The van der Waals surface area contributed by atoms with Gasteiger partial charge in [0.05, 0.1) is 12.8 Å². The molecule has 26 heavy (non-hydrogen) atoms. The highest BCUT2D eigenvalue weighted by Gasteiger charge is 2.03. The molecule has 0 radical (unpaired) electrons. The Labute approximate surface area is 153 Å². The van der Waals surface area contributed by atoms with Gasteiger partial charge in [0.1, 0.15) is 23.9 Å². The van der Waals surface area contributed by atoms with Gasteiger partial charge < -0.3 is 25.4 Å². The molecule has 0 bridgehead atoms. The number of anilines is 1. The Morgan fingerprint density at radius 3 is 2.19 bits per heavy atom. The Bertz CT molecular complexity index is 832. The maximum Gasteiger partial charge on any atom is 0.138 e. The zero-order valence-corrected chi connectivity index (χ0v) is 14.8. The van der Waals surface area contributed by atoms with E-state index in [1.807, 2.05) is 36.4 Å². The summed E-state index contributed by atoms with van der Waals surface area (Å²) in [6.07, 6.45) is 0. The number of nitrogens with two attached hydrogens (primary N) is 1. The Kier molecular flexibility index (Phi) is 6.88. The second-order valence-corrected chi connectivity index (χ2v) is 5.44. The van der Waals surface area contributed by atoms with E-state index in [4.69, 9.17) is 20.3 Å². The molecule has 0 atom stereocenters. The van der Waals surface area contributed by atoms with E-state index >= 15 is 0 Å². The summed E-state index contributed by atoms with van der Waals surface area (Å²) in [6, 6.07) is 20.9. The summed E-state index contributed by atoms with van der Waals surface area (Å²) < 4.78 is 10.9. The molecule has 136 valence electrons. The van der Waals surface area contributed by atoms with Crippen molar-refractivity contribution in [3.8, 4) is 28.4 Å². The lowest BCUT2D eigenvalue weighted by molar-refractivity contribution is 0.306. The lowest BCUT2D eigenvalue weighted by Gasteiger charge is -2.09. The first-order valence-corrected chi connectivity index (χ1v) is 8.05. The number of aliphatic hydroxyl groups excluding tert-OH is 1. The summed E-state index contributed by atoms with van der Waals surface area (Å²) in [7, 11) is 2.66. The number of rotatable bonds is 5. The van der Waals surface area contributed by atoms with Gasteiger partial charge in [-0.1, -0.05) is 30.3 Å². The van der Waals surface area contributed by atoms with Crippen LogP contribution < -0.4 is 15.2 Å². The van der Waals surface area contributed by atoms with Gasteiger partial charge in [-0.05, 0) is 47.0 Å². The fraction of sp³-hybridized carbons (Fsp3) is 0.143. The fourth-order valence-electron chi connectivity index (χ4n) is 2.41. The molecule has 0 aliphatic heterocycles. The molecule has 0 aliphatic carbocycles. The predicted molar refractivity (Wildman–Crippen MR) is 103 cm³/mol. The number of hydrogen-bond donors (Lipinski definition) is 3. The molecule has 0 unspecified atom stereocenters. The summed E-state index contributed by atoms with van der Waals surface area (Å²) >= 11 is 0. The minimum absolute atomic E-state index is 0.0591. The zero-order valence-electron chi connectivity index (χ0n) is 14.8. The van der Waals surface area contributed by atoms with Crippen LogP contribution in [0.25, 0.3) is 11.1 Å². The van der Waals surface area contributed by atoms with Gasteiger partial charge in [0, 0.05) is 13.2 Å². The second kappa shape index (κ2) is 9.34. The lowest BCUT2D eigenvalue weighted by Crippen LogP contribution is -1.96. The van der Waals surface area contributed by atoms with Crippen molar-refractivity contribution in [1.29, 1.82) is 0 Å². The minimum Gasteiger partial charge on any atom is -0.506 e. The molecule has 0 saturated heterocycles. The smallest absolute Gasteiger partial charge is 0.138 e. The topological polar surface area (TPSA) is 84.9 Å². The monoisotopic (exact) mass is 353 g/mol. The number of phenols is 1. The average molecular weight is 353 g/mol. The molecule has 3 rings (SSSR count). The van der Waals surface area contributed by atoms with Gasteiger partial charge in [0.2, 0.25) is 0 Å². The highest BCUT2D eigenvalue weighted by molar-refractivity contribution is 5.65. The number of hydrogen-bond acceptors (Lipinski definition) is 5. The van der Waals surface area contributed by atoms with Crippen LogP contribution in [0.2, 0.25) is 0 Å². The van der Waals surface area contributed by atoms with Crippen molar-refractivity contribution in [2.24, 2.45) is 0 Å². The highest BCUT2D eigenvalue weighted by atomic mass is 16.5. The molecule has 0 heterocycles. The van der Waals surface area contributed by atoms with Crippen LogP contribution in [0.3, 0.4) is 0 Å². The normalized spacial score (nSPS) is 9.81. The van der Waals surface area contributed by atoms with Crippen molar-refractivity contribution in [1.82, 2.24) is 0 Å². The molecule has 5 nitrogen and oxygen atoms in total. The predicted octanol–water partition coefficient (Wildman–Crippen LogP) is 3.84. The van der Waals surface area contributed by atoms with Gasteiger partial charge >= 0.3 is 0 Å². The van der Waals surface area contributed by atoms with E-state index < -0.39 is 0 Å². The standard InChI is InChI=1S/C20H19NO3.CH4O/c1-23-17-7-5-15(6-8-17)16-4-2-3-14(11-16)13-24-18-9-10-20(22)19(21)12-18;1-2/h2-12,22H,13,21H2,1H3;2H,1H3. The first kappa shape index (κ1) is 19.1. The summed E-state index contributed by atoms with van der Waals surface area (Å²) in [6.45, 7) is 0.425. The van der Waals surface area contributed by atoms with Gasteiger partial charge in [-0.15, -0.1) is 0 Å². The molecular weight excluding hydrogens is 330 g/mol. The van der Waals surface area contributed by atoms with E-state index in [1.165, 1.54) is 6.07 Å². The second-order valence-electron chi connectivity index (χ2n) is 5.44. The molecule has 3 aromatic rings. The maximum atomic E-state index is 9.44. The number of phenolic OH excluding ortho intramolecular Hbond substituents is 1. The van der Waals surface area contributed by atoms with Crippen LogP contribution in [-0.2, 0) is 6.61 Å².